The van der Waals surface area contributed by atoms with Gasteiger partial charge in [0.1, 0.15) is 6.20 Å². The number of carboxylic acid groups (broad SMARTS) is 1. The Kier molecular flexibility index (Phi) is 2.80. The van der Waals surface area contributed by atoms with Gasteiger partial charge in [-0.3, -0.25) is 4.79 Å². The van der Waals surface area contributed by atoms with Gasteiger partial charge in [0.2, 0.25) is 6.33 Å². The Morgan fingerprint density at radius 3 is 2.93 bits per heavy atom. The van der Waals surface area contributed by atoms with Crippen molar-refractivity contribution >= 4 is 11.8 Å². The fraction of sp³-hybridized carbons (Fsp3) is 0.429. The number of nitro groups is 1. The molecule has 0 saturated carbocycles. The van der Waals surface area contributed by atoms with Gasteiger partial charge in [-0.1, -0.05) is 0 Å². The van der Waals surface area contributed by atoms with Crippen LogP contribution in [0.2, 0.25) is 0 Å². The standard InChI is InChI=1S/C7H9N3O4/c1-5(2-7(11)12)9-3-6(8-4-9)10(13)14/h3-5H,2H2,1H3,(H,11,12). The molecule has 0 aromatic carbocycles. The van der Waals surface area contributed by atoms with Crippen LogP contribution in [0.5, 0.6) is 0 Å². The van der Waals surface area contributed by atoms with E-state index in [4.69, 9.17) is 5.11 Å². The van der Waals surface area contributed by atoms with Crippen molar-refractivity contribution in [1.29, 1.82) is 0 Å². The van der Waals surface area contributed by atoms with Crippen LogP contribution in [0.25, 0.3) is 0 Å². The summed E-state index contributed by atoms with van der Waals surface area (Å²) in [4.78, 5) is 23.5. The maximum absolute atomic E-state index is 10.4. The van der Waals surface area contributed by atoms with Crippen LogP contribution in [0.3, 0.4) is 0 Å². The van der Waals surface area contributed by atoms with Gasteiger partial charge in [0.25, 0.3) is 0 Å². The first kappa shape index (κ1) is 10.2. The van der Waals surface area contributed by atoms with Crippen molar-refractivity contribution in [1.82, 2.24) is 9.55 Å². The van der Waals surface area contributed by atoms with Crippen LogP contribution in [0.1, 0.15) is 19.4 Å². The van der Waals surface area contributed by atoms with Crippen LogP contribution in [0, 0.1) is 10.1 Å². The zero-order valence-electron chi connectivity index (χ0n) is 7.45. The van der Waals surface area contributed by atoms with Crippen LogP contribution in [0.15, 0.2) is 12.5 Å². The number of hydrogen-bond donors (Lipinski definition) is 1. The first-order valence-corrected chi connectivity index (χ1v) is 3.90. The summed E-state index contributed by atoms with van der Waals surface area (Å²) >= 11 is 0. The van der Waals surface area contributed by atoms with Gasteiger partial charge in [-0.15, -0.1) is 0 Å². The predicted octanol–water partition coefficient (Wildman–Crippen LogP) is 0.827. The zero-order chi connectivity index (χ0) is 10.7. The summed E-state index contributed by atoms with van der Waals surface area (Å²) in [5, 5.41) is 18.8. The molecule has 76 valence electrons. The van der Waals surface area contributed by atoms with Crippen LogP contribution in [-0.2, 0) is 4.79 Å². The van der Waals surface area contributed by atoms with Crippen molar-refractivity contribution in [3.8, 4) is 0 Å². The third kappa shape index (κ3) is 2.28. The molecule has 0 aliphatic heterocycles. The largest absolute Gasteiger partial charge is 0.481 e. The first-order chi connectivity index (χ1) is 6.50. The van der Waals surface area contributed by atoms with Gasteiger partial charge in [-0.25, -0.2) is 0 Å². The number of rotatable bonds is 4. The highest BCUT2D eigenvalue weighted by molar-refractivity contribution is 5.67. The second kappa shape index (κ2) is 3.86. The number of hydrogen-bond acceptors (Lipinski definition) is 4. The molecule has 1 unspecified atom stereocenters. The number of nitrogens with zero attached hydrogens (tertiary/aromatic N) is 3. The van der Waals surface area contributed by atoms with Gasteiger partial charge < -0.3 is 19.8 Å². The number of carboxylic acids is 1. The van der Waals surface area contributed by atoms with Gasteiger partial charge in [-0.2, -0.15) is 0 Å². The lowest BCUT2D eigenvalue weighted by atomic mass is 10.2. The summed E-state index contributed by atoms with van der Waals surface area (Å²) in [6.45, 7) is 1.65. The van der Waals surface area contributed by atoms with Gasteiger partial charge >= 0.3 is 11.8 Å². The van der Waals surface area contributed by atoms with E-state index in [1.54, 1.807) is 6.92 Å². The lowest BCUT2D eigenvalue weighted by molar-refractivity contribution is -0.389. The summed E-state index contributed by atoms with van der Waals surface area (Å²) in [5.41, 5.74) is 0. The Balaban J connectivity index is 2.76. The molecule has 7 nitrogen and oxygen atoms in total. The molecule has 0 aliphatic carbocycles. The van der Waals surface area contributed by atoms with Crippen LogP contribution >= 0.6 is 0 Å². The zero-order valence-corrected chi connectivity index (χ0v) is 7.45. The van der Waals surface area contributed by atoms with Gasteiger partial charge in [0, 0.05) is 6.04 Å². The van der Waals surface area contributed by atoms with Crippen molar-refractivity contribution in [2.75, 3.05) is 0 Å². The molecule has 0 spiro atoms. The van der Waals surface area contributed by atoms with Crippen molar-refractivity contribution in [2.45, 2.75) is 19.4 Å². The van der Waals surface area contributed by atoms with Gasteiger partial charge in [0.15, 0.2) is 0 Å². The van der Waals surface area contributed by atoms with Crippen LogP contribution in [0.4, 0.5) is 5.82 Å². The van der Waals surface area contributed by atoms with E-state index in [0.29, 0.717) is 0 Å². The molecular weight excluding hydrogens is 190 g/mol. The molecule has 1 heterocycles. The number of carbonyl (C=O) groups is 1. The van der Waals surface area contributed by atoms with Crippen molar-refractivity contribution in [3.63, 3.8) is 0 Å². The molecule has 1 aromatic heterocycles. The molecule has 0 bridgehead atoms. The molecule has 1 rings (SSSR count). The fourth-order valence-corrected chi connectivity index (χ4v) is 1.02. The Labute approximate surface area is 79.1 Å². The van der Waals surface area contributed by atoms with Crippen molar-refractivity contribution < 1.29 is 14.8 Å². The minimum Gasteiger partial charge on any atom is -0.481 e. The third-order valence-corrected chi connectivity index (χ3v) is 1.75. The molecule has 1 N–H and O–H groups in total. The van der Waals surface area contributed by atoms with Crippen molar-refractivity contribution in [3.05, 3.63) is 22.6 Å². The van der Waals surface area contributed by atoms with Gasteiger partial charge in [0.05, 0.1) is 6.42 Å². The maximum Gasteiger partial charge on any atom is 0.381 e. The second-order valence-electron chi connectivity index (χ2n) is 2.88. The van der Waals surface area contributed by atoms with E-state index in [0.717, 1.165) is 0 Å². The lowest BCUT2D eigenvalue weighted by Gasteiger charge is -2.07. The number of aliphatic carboxylic acids is 1. The summed E-state index contributed by atoms with van der Waals surface area (Å²) in [7, 11) is 0. The molecule has 14 heavy (non-hydrogen) atoms. The number of imidazole rings is 1. The molecule has 0 radical (unpaired) electrons. The summed E-state index contributed by atoms with van der Waals surface area (Å²) in [5.74, 6) is -1.23. The highest BCUT2D eigenvalue weighted by Gasteiger charge is 2.15. The SMILES string of the molecule is CC(CC(=O)O)n1cnc([N+](=O)[O-])c1. The molecule has 7 heteroatoms. The van der Waals surface area contributed by atoms with E-state index in [-0.39, 0.29) is 18.3 Å². The summed E-state index contributed by atoms with van der Waals surface area (Å²) < 4.78 is 1.41. The highest BCUT2D eigenvalue weighted by Crippen LogP contribution is 2.14. The number of aromatic nitrogens is 2. The minimum atomic E-state index is -0.950. The quantitative estimate of drug-likeness (QED) is 0.571. The molecule has 1 atom stereocenters. The third-order valence-electron chi connectivity index (χ3n) is 1.75. The van der Waals surface area contributed by atoms with E-state index < -0.39 is 10.9 Å². The second-order valence-corrected chi connectivity index (χ2v) is 2.88. The van der Waals surface area contributed by atoms with E-state index in [1.807, 2.05) is 0 Å². The first-order valence-electron chi connectivity index (χ1n) is 3.90. The monoisotopic (exact) mass is 199 g/mol. The Morgan fingerprint density at radius 2 is 2.50 bits per heavy atom. The topological polar surface area (TPSA) is 98.3 Å². The van der Waals surface area contributed by atoms with Gasteiger partial charge in [-0.05, 0) is 16.8 Å². The summed E-state index contributed by atoms with van der Waals surface area (Å²) in [6.07, 6.45) is 2.38. The summed E-state index contributed by atoms with van der Waals surface area (Å²) in [6, 6.07) is -0.339. The van der Waals surface area contributed by atoms with E-state index in [1.165, 1.54) is 17.1 Å². The molecular formula is C7H9N3O4. The average Bonchev–Trinajstić information content (AvgIpc) is 2.50. The molecule has 1 aromatic rings. The Morgan fingerprint density at radius 1 is 1.86 bits per heavy atom. The minimum absolute atomic E-state index is 0.0898. The maximum atomic E-state index is 10.4. The van der Waals surface area contributed by atoms with E-state index in [2.05, 4.69) is 4.98 Å². The average molecular weight is 199 g/mol. The Bertz CT molecular complexity index is 360. The fourth-order valence-electron chi connectivity index (χ4n) is 1.02. The highest BCUT2D eigenvalue weighted by atomic mass is 16.6. The molecule has 0 amide bonds. The predicted molar refractivity (Wildman–Crippen MR) is 45.8 cm³/mol. The van der Waals surface area contributed by atoms with Crippen molar-refractivity contribution in [2.24, 2.45) is 0 Å². The normalized spacial score (nSPS) is 12.4. The molecule has 0 aliphatic rings. The molecule has 0 fully saturated rings. The van der Waals surface area contributed by atoms with E-state index >= 15 is 0 Å². The smallest absolute Gasteiger partial charge is 0.381 e. The van der Waals surface area contributed by atoms with Crippen LogP contribution < -0.4 is 0 Å². The molecule has 0 saturated heterocycles. The van der Waals surface area contributed by atoms with Crippen LogP contribution in [-0.4, -0.2) is 25.6 Å². The van der Waals surface area contributed by atoms with E-state index in [9.17, 15) is 14.9 Å². The lowest BCUT2D eigenvalue weighted by Crippen LogP contribution is -2.08. The Hall–Kier alpha value is -1.92.